The highest BCUT2D eigenvalue weighted by Gasteiger charge is 2.18. The van der Waals surface area contributed by atoms with Gasteiger partial charge in [0.2, 0.25) is 0 Å². The van der Waals surface area contributed by atoms with Crippen LogP contribution in [0.5, 0.6) is 0 Å². The first-order valence-electron chi connectivity index (χ1n) is 7.09. The number of ether oxygens (including phenoxy) is 1. The fraction of sp³-hybridized carbons (Fsp3) is 0.857. The van der Waals surface area contributed by atoms with E-state index in [0.717, 1.165) is 25.2 Å². The maximum Gasteiger partial charge on any atom is 0.306 e. The number of aliphatic imine (C=N–C) groups is 1. The van der Waals surface area contributed by atoms with Gasteiger partial charge in [0.25, 0.3) is 0 Å². The van der Waals surface area contributed by atoms with Gasteiger partial charge in [-0.15, -0.1) is 0 Å². The summed E-state index contributed by atoms with van der Waals surface area (Å²) in [6, 6.07) is 0. The lowest BCUT2D eigenvalue weighted by Gasteiger charge is -2.22. The van der Waals surface area contributed by atoms with Gasteiger partial charge in [0, 0.05) is 41.2 Å². The molecule has 0 amide bonds. The van der Waals surface area contributed by atoms with Crippen LogP contribution < -0.4 is 0 Å². The zero-order valence-electron chi connectivity index (χ0n) is 12.7. The third-order valence-electron chi connectivity index (χ3n) is 3.19. The maximum atomic E-state index is 11.6. The standard InChI is InChI=1S/C14H27N3O2/c1-16(2)14(17(3)4)15-11-7-10-13(18)19-12-8-5-6-9-12/h12H,5-11H2,1-4H3. The summed E-state index contributed by atoms with van der Waals surface area (Å²) in [5.74, 6) is 0.850. The summed E-state index contributed by atoms with van der Waals surface area (Å²) in [7, 11) is 7.86. The van der Waals surface area contributed by atoms with Crippen molar-refractivity contribution in [3.63, 3.8) is 0 Å². The van der Waals surface area contributed by atoms with Crippen LogP contribution in [0.4, 0.5) is 0 Å². The Hall–Kier alpha value is -1.26. The molecule has 0 aromatic heterocycles. The van der Waals surface area contributed by atoms with Crippen molar-refractivity contribution >= 4 is 11.9 Å². The summed E-state index contributed by atoms with van der Waals surface area (Å²) in [6.45, 7) is 0.658. The number of carbonyl (C=O) groups excluding carboxylic acids is 1. The monoisotopic (exact) mass is 269 g/mol. The molecule has 0 aliphatic heterocycles. The molecule has 0 saturated heterocycles. The largest absolute Gasteiger partial charge is 0.462 e. The SMILES string of the molecule is CN(C)C(=NCCCC(=O)OC1CCCC1)N(C)C. The fourth-order valence-corrected chi connectivity index (χ4v) is 2.34. The van der Waals surface area contributed by atoms with Gasteiger partial charge in [-0.3, -0.25) is 9.79 Å². The molecular weight excluding hydrogens is 242 g/mol. The van der Waals surface area contributed by atoms with E-state index in [4.69, 9.17) is 4.74 Å². The van der Waals surface area contributed by atoms with Gasteiger partial charge in [-0.05, 0) is 32.1 Å². The van der Waals surface area contributed by atoms with Crippen LogP contribution in [0.3, 0.4) is 0 Å². The van der Waals surface area contributed by atoms with Gasteiger partial charge in [0.15, 0.2) is 5.96 Å². The van der Waals surface area contributed by atoms with Crippen molar-refractivity contribution in [2.75, 3.05) is 34.7 Å². The highest BCUT2D eigenvalue weighted by atomic mass is 16.5. The van der Waals surface area contributed by atoms with E-state index in [-0.39, 0.29) is 12.1 Å². The molecule has 0 aromatic rings. The van der Waals surface area contributed by atoms with Crippen molar-refractivity contribution in [2.24, 2.45) is 4.99 Å². The number of carbonyl (C=O) groups is 1. The van der Waals surface area contributed by atoms with E-state index < -0.39 is 0 Å². The number of nitrogens with zero attached hydrogens (tertiary/aromatic N) is 3. The minimum absolute atomic E-state index is 0.0710. The van der Waals surface area contributed by atoms with E-state index in [0.29, 0.717) is 13.0 Å². The highest BCUT2D eigenvalue weighted by molar-refractivity contribution is 5.79. The van der Waals surface area contributed by atoms with Crippen molar-refractivity contribution in [3.8, 4) is 0 Å². The normalized spacial score (nSPS) is 15.2. The quantitative estimate of drug-likeness (QED) is 0.330. The zero-order chi connectivity index (χ0) is 14.3. The van der Waals surface area contributed by atoms with Crippen LogP contribution in [0.2, 0.25) is 0 Å². The molecular formula is C14H27N3O2. The van der Waals surface area contributed by atoms with Gasteiger partial charge in [-0.1, -0.05) is 0 Å². The van der Waals surface area contributed by atoms with Crippen molar-refractivity contribution < 1.29 is 9.53 Å². The lowest BCUT2D eigenvalue weighted by molar-refractivity contribution is -0.148. The summed E-state index contributed by atoms with van der Waals surface area (Å²) in [5, 5.41) is 0. The van der Waals surface area contributed by atoms with Gasteiger partial charge in [-0.2, -0.15) is 0 Å². The van der Waals surface area contributed by atoms with Crippen molar-refractivity contribution in [1.29, 1.82) is 0 Å². The fourth-order valence-electron chi connectivity index (χ4n) is 2.34. The Morgan fingerprint density at radius 1 is 1.16 bits per heavy atom. The lowest BCUT2D eigenvalue weighted by Crippen LogP contribution is -2.35. The first kappa shape index (κ1) is 15.8. The Kier molecular flexibility index (Phi) is 6.67. The molecule has 19 heavy (non-hydrogen) atoms. The van der Waals surface area contributed by atoms with Crippen molar-refractivity contribution in [2.45, 2.75) is 44.6 Å². The summed E-state index contributed by atoms with van der Waals surface area (Å²) in [6.07, 6.45) is 5.85. The van der Waals surface area contributed by atoms with Crippen LogP contribution in [0.25, 0.3) is 0 Å². The zero-order valence-corrected chi connectivity index (χ0v) is 12.7. The molecule has 110 valence electrons. The molecule has 0 radical (unpaired) electrons. The highest BCUT2D eigenvalue weighted by Crippen LogP contribution is 2.21. The summed E-state index contributed by atoms with van der Waals surface area (Å²) in [4.78, 5) is 20.0. The van der Waals surface area contributed by atoms with Crippen LogP contribution in [-0.4, -0.2) is 62.6 Å². The molecule has 0 N–H and O–H groups in total. The molecule has 5 nitrogen and oxygen atoms in total. The van der Waals surface area contributed by atoms with Crippen LogP contribution in [0, 0.1) is 0 Å². The molecule has 0 unspecified atom stereocenters. The van der Waals surface area contributed by atoms with E-state index >= 15 is 0 Å². The first-order chi connectivity index (χ1) is 9.00. The van der Waals surface area contributed by atoms with Gasteiger partial charge in [-0.25, -0.2) is 0 Å². The molecule has 1 aliphatic carbocycles. The second kappa shape index (κ2) is 8.02. The molecule has 0 heterocycles. The van der Waals surface area contributed by atoms with Gasteiger partial charge < -0.3 is 14.5 Å². The van der Waals surface area contributed by atoms with E-state index in [1.165, 1.54) is 12.8 Å². The first-order valence-corrected chi connectivity index (χ1v) is 7.09. The van der Waals surface area contributed by atoms with E-state index in [1.807, 2.05) is 38.0 Å². The van der Waals surface area contributed by atoms with E-state index in [9.17, 15) is 4.79 Å². The van der Waals surface area contributed by atoms with Gasteiger partial charge in [0.05, 0.1) is 0 Å². The Bertz CT molecular complexity index is 298. The predicted octanol–water partition coefficient (Wildman–Crippen LogP) is 1.73. The molecule has 1 saturated carbocycles. The van der Waals surface area contributed by atoms with Crippen molar-refractivity contribution in [1.82, 2.24) is 9.80 Å². The molecule has 0 aromatic carbocycles. The van der Waals surface area contributed by atoms with Crippen molar-refractivity contribution in [3.05, 3.63) is 0 Å². The van der Waals surface area contributed by atoms with E-state index in [2.05, 4.69) is 4.99 Å². The van der Waals surface area contributed by atoms with Crippen LogP contribution in [0.1, 0.15) is 38.5 Å². The molecule has 1 fully saturated rings. The second-order valence-electron chi connectivity index (χ2n) is 5.47. The smallest absolute Gasteiger partial charge is 0.306 e. The predicted molar refractivity (Wildman–Crippen MR) is 77.3 cm³/mol. The molecule has 0 atom stereocenters. The van der Waals surface area contributed by atoms with Gasteiger partial charge in [0.1, 0.15) is 6.10 Å². The Balaban J connectivity index is 2.21. The average molecular weight is 269 g/mol. The Morgan fingerprint density at radius 2 is 1.74 bits per heavy atom. The molecule has 1 aliphatic rings. The van der Waals surface area contributed by atoms with Crippen LogP contribution in [-0.2, 0) is 9.53 Å². The summed E-state index contributed by atoms with van der Waals surface area (Å²) >= 11 is 0. The number of rotatable bonds is 5. The Morgan fingerprint density at radius 3 is 2.26 bits per heavy atom. The number of guanidine groups is 1. The third-order valence-corrected chi connectivity index (χ3v) is 3.19. The average Bonchev–Trinajstić information content (AvgIpc) is 2.80. The summed E-state index contributed by atoms with van der Waals surface area (Å²) in [5.41, 5.74) is 0. The minimum Gasteiger partial charge on any atom is -0.462 e. The van der Waals surface area contributed by atoms with Gasteiger partial charge >= 0.3 is 5.97 Å². The number of esters is 1. The second-order valence-corrected chi connectivity index (χ2v) is 5.47. The van der Waals surface area contributed by atoms with Crippen LogP contribution in [0.15, 0.2) is 4.99 Å². The maximum absolute atomic E-state index is 11.6. The third kappa shape index (κ3) is 5.94. The molecule has 0 spiro atoms. The lowest BCUT2D eigenvalue weighted by atomic mass is 10.3. The Labute approximate surface area is 116 Å². The number of hydrogen-bond acceptors (Lipinski definition) is 3. The topological polar surface area (TPSA) is 45.1 Å². The number of hydrogen-bond donors (Lipinski definition) is 0. The summed E-state index contributed by atoms with van der Waals surface area (Å²) < 4.78 is 5.41. The molecule has 5 heteroatoms. The minimum atomic E-state index is -0.0710. The van der Waals surface area contributed by atoms with Crippen LogP contribution >= 0.6 is 0 Å². The van der Waals surface area contributed by atoms with E-state index in [1.54, 1.807) is 0 Å². The molecule has 0 bridgehead atoms. The molecule has 1 rings (SSSR count).